The van der Waals surface area contributed by atoms with E-state index in [1.54, 1.807) is 0 Å². The summed E-state index contributed by atoms with van der Waals surface area (Å²) in [6, 6.07) is 4.79. The fourth-order valence-corrected chi connectivity index (χ4v) is 2.44. The van der Waals surface area contributed by atoms with Crippen LogP contribution in [0.5, 0.6) is 5.75 Å². The molecule has 124 valence electrons. The third-order valence-electron chi connectivity index (χ3n) is 3.37. The van der Waals surface area contributed by atoms with Crippen LogP contribution in [0, 0.1) is 11.3 Å². The predicted molar refractivity (Wildman–Crippen MR) is 86.0 cm³/mol. The van der Waals surface area contributed by atoms with Gasteiger partial charge in [-0.3, -0.25) is 4.79 Å². The lowest BCUT2D eigenvalue weighted by molar-refractivity contribution is -0.147. The summed E-state index contributed by atoms with van der Waals surface area (Å²) in [5, 5.41) is 18.4. The van der Waals surface area contributed by atoms with E-state index in [-0.39, 0.29) is 34.3 Å². The van der Waals surface area contributed by atoms with Gasteiger partial charge in [-0.2, -0.15) is 5.26 Å². The normalized spacial score (nSPS) is 10.8. The topological polar surface area (TPSA) is 90.6 Å². The van der Waals surface area contributed by atoms with Crippen molar-refractivity contribution in [2.45, 2.75) is 25.8 Å². The maximum absolute atomic E-state index is 12.9. The van der Waals surface area contributed by atoms with E-state index in [4.69, 9.17) is 33.2 Å². The summed E-state index contributed by atoms with van der Waals surface area (Å²) in [7, 11) is 1.33. The number of hydrogen-bond donors (Lipinski definition) is 1. The Morgan fingerprint density at radius 1 is 1.35 bits per heavy atom. The zero-order chi connectivity index (χ0) is 17.8. The zero-order valence-electron chi connectivity index (χ0n) is 12.9. The second kappa shape index (κ2) is 7.53. The van der Waals surface area contributed by atoms with Crippen LogP contribution in [0.4, 0.5) is 0 Å². The molecule has 0 radical (unpaired) electrons. The molecule has 0 spiro atoms. The molecule has 0 unspecified atom stereocenters. The van der Waals surface area contributed by atoms with Crippen LogP contribution in [0.3, 0.4) is 0 Å². The number of carbonyl (C=O) groups excluding carboxylic acids is 1. The molecule has 0 aromatic heterocycles. The van der Waals surface area contributed by atoms with Crippen molar-refractivity contribution in [3.8, 4) is 11.8 Å². The molecule has 0 aliphatic carbocycles. The molecule has 1 amide bonds. The van der Waals surface area contributed by atoms with Crippen molar-refractivity contribution in [2.75, 3.05) is 13.7 Å². The first-order valence-electron chi connectivity index (χ1n) is 6.62. The molecule has 1 aromatic rings. The second-order valence-corrected chi connectivity index (χ2v) is 5.98. The lowest BCUT2D eigenvalue weighted by Crippen LogP contribution is -2.53. The Bertz CT molecular complexity index is 668. The van der Waals surface area contributed by atoms with E-state index in [0.717, 1.165) is 4.90 Å². The Balaban J connectivity index is 3.45. The van der Waals surface area contributed by atoms with Crippen molar-refractivity contribution in [1.29, 1.82) is 5.26 Å². The highest BCUT2D eigenvalue weighted by Crippen LogP contribution is 2.36. The Hall–Kier alpha value is -1.97. The summed E-state index contributed by atoms with van der Waals surface area (Å²) in [5.41, 5.74) is -1.57. The molecule has 6 nitrogen and oxygen atoms in total. The quantitative estimate of drug-likeness (QED) is 0.842. The molecule has 0 atom stereocenters. The minimum Gasteiger partial charge on any atom is -0.494 e. The molecule has 8 heteroatoms. The number of amides is 1. The van der Waals surface area contributed by atoms with E-state index in [2.05, 4.69) is 0 Å². The summed E-state index contributed by atoms with van der Waals surface area (Å²) in [6.07, 6.45) is -0.0249. The molecular weight excluding hydrogens is 343 g/mol. The van der Waals surface area contributed by atoms with Gasteiger partial charge in [-0.15, -0.1) is 0 Å². The van der Waals surface area contributed by atoms with Crippen LogP contribution in [-0.2, 0) is 4.79 Å². The summed E-state index contributed by atoms with van der Waals surface area (Å²) in [6.45, 7) is 2.67. The average molecular weight is 359 g/mol. The Labute approximate surface area is 144 Å². The maximum atomic E-state index is 12.9. The van der Waals surface area contributed by atoms with Crippen LogP contribution >= 0.6 is 23.2 Å². The number of halogens is 2. The number of rotatable bonds is 6. The Morgan fingerprint density at radius 2 is 1.91 bits per heavy atom. The Kier molecular flexibility index (Phi) is 6.25. The number of carbonyl (C=O) groups is 2. The number of methoxy groups -OCH3 is 1. The first-order chi connectivity index (χ1) is 10.7. The van der Waals surface area contributed by atoms with Crippen molar-refractivity contribution in [2.24, 2.45) is 0 Å². The van der Waals surface area contributed by atoms with Crippen molar-refractivity contribution >= 4 is 35.1 Å². The molecule has 0 saturated carbocycles. The van der Waals surface area contributed by atoms with Gasteiger partial charge in [-0.05, 0) is 26.0 Å². The fraction of sp³-hybridized carbons (Fsp3) is 0.400. The highest BCUT2D eigenvalue weighted by atomic mass is 35.5. The number of benzene rings is 1. The zero-order valence-corrected chi connectivity index (χ0v) is 14.4. The van der Waals surface area contributed by atoms with Crippen molar-refractivity contribution in [1.82, 2.24) is 4.90 Å². The van der Waals surface area contributed by atoms with Crippen molar-refractivity contribution in [3.63, 3.8) is 0 Å². The SMILES string of the molecule is COc1c(Cl)ccc(Cl)c1C(=O)N(CCC#N)C(C)(C)C(=O)O. The van der Waals surface area contributed by atoms with Gasteiger partial charge in [0.05, 0.1) is 29.6 Å². The van der Waals surface area contributed by atoms with Crippen LogP contribution in [0.1, 0.15) is 30.6 Å². The van der Waals surface area contributed by atoms with Gasteiger partial charge in [0.1, 0.15) is 11.1 Å². The van der Waals surface area contributed by atoms with Gasteiger partial charge < -0.3 is 14.7 Å². The molecule has 0 aliphatic rings. The van der Waals surface area contributed by atoms with E-state index in [1.807, 2.05) is 6.07 Å². The highest BCUT2D eigenvalue weighted by Gasteiger charge is 2.39. The molecule has 0 aliphatic heterocycles. The number of aliphatic carboxylic acids is 1. The minimum absolute atomic E-state index is 0.0249. The smallest absolute Gasteiger partial charge is 0.329 e. The van der Waals surface area contributed by atoms with E-state index in [1.165, 1.54) is 33.1 Å². The standard InChI is InChI=1S/C15H16Cl2N2O4/c1-15(2,14(21)22)19(8-4-7-18)13(20)11-9(16)5-6-10(17)12(11)23-3/h5-6H,4,8H2,1-3H3,(H,21,22). The van der Waals surface area contributed by atoms with Gasteiger partial charge >= 0.3 is 5.97 Å². The van der Waals surface area contributed by atoms with Gasteiger partial charge in [-0.25, -0.2) is 4.79 Å². The van der Waals surface area contributed by atoms with Gasteiger partial charge in [0.15, 0.2) is 5.75 Å². The molecule has 1 rings (SSSR count). The molecule has 0 saturated heterocycles. The van der Waals surface area contributed by atoms with Crippen molar-refractivity contribution in [3.05, 3.63) is 27.7 Å². The van der Waals surface area contributed by atoms with Gasteiger partial charge in [0.25, 0.3) is 5.91 Å². The number of nitrogens with zero attached hydrogens (tertiary/aromatic N) is 2. The number of ether oxygens (including phenoxy) is 1. The van der Waals surface area contributed by atoms with Crippen LogP contribution in [0.2, 0.25) is 10.0 Å². The van der Waals surface area contributed by atoms with Gasteiger partial charge in [-0.1, -0.05) is 23.2 Å². The highest BCUT2D eigenvalue weighted by molar-refractivity contribution is 6.37. The summed E-state index contributed by atoms with van der Waals surface area (Å²) < 4.78 is 5.13. The lowest BCUT2D eigenvalue weighted by Gasteiger charge is -2.35. The molecule has 1 aromatic carbocycles. The molecular formula is C15H16Cl2N2O4. The largest absolute Gasteiger partial charge is 0.494 e. The lowest BCUT2D eigenvalue weighted by atomic mass is 10.0. The van der Waals surface area contributed by atoms with Crippen molar-refractivity contribution < 1.29 is 19.4 Å². The Morgan fingerprint density at radius 3 is 2.39 bits per heavy atom. The molecule has 1 N–H and O–H groups in total. The third kappa shape index (κ3) is 3.87. The summed E-state index contributed by atoms with van der Waals surface area (Å²) >= 11 is 12.1. The fourth-order valence-electron chi connectivity index (χ4n) is 1.98. The number of hydrogen-bond acceptors (Lipinski definition) is 4. The first-order valence-corrected chi connectivity index (χ1v) is 7.38. The minimum atomic E-state index is -1.54. The first kappa shape index (κ1) is 19.1. The van der Waals surface area contributed by atoms with E-state index < -0.39 is 17.4 Å². The van der Waals surface area contributed by atoms with Crippen LogP contribution < -0.4 is 4.74 Å². The van der Waals surface area contributed by atoms with E-state index in [9.17, 15) is 14.7 Å². The molecule has 23 heavy (non-hydrogen) atoms. The number of carboxylic acids is 1. The monoisotopic (exact) mass is 358 g/mol. The second-order valence-electron chi connectivity index (χ2n) is 5.17. The van der Waals surface area contributed by atoms with Gasteiger partial charge in [0, 0.05) is 6.54 Å². The van der Waals surface area contributed by atoms with E-state index >= 15 is 0 Å². The van der Waals surface area contributed by atoms with Crippen LogP contribution in [0.15, 0.2) is 12.1 Å². The molecule has 0 bridgehead atoms. The summed E-state index contributed by atoms with van der Waals surface area (Å²) in [5.74, 6) is -1.81. The van der Waals surface area contributed by atoms with Crippen LogP contribution in [0.25, 0.3) is 0 Å². The average Bonchev–Trinajstić information content (AvgIpc) is 2.48. The van der Waals surface area contributed by atoms with Gasteiger partial charge in [0.2, 0.25) is 0 Å². The predicted octanol–water partition coefficient (Wildman–Crippen LogP) is 3.22. The number of carboxylic acid groups (broad SMARTS) is 1. The maximum Gasteiger partial charge on any atom is 0.329 e. The van der Waals surface area contributed by atoms with E-state index in [0.29, 0.717) is 0 Å². The number of nitriles is 1. The third-order valence-corrected chi connectivity index (χ3v) is 3.98. The van der Waals surface area contributed by atoms with Crippen LogP contribution in [-0.4, -0.2) is 41.1 Å². The summed E-state index contributed by atoms with van der Waals surface area (Å²) in [4.78, 5) is 25.5. The molecule has 0 fully saturated rings. The molecule has 0 heterocycles.